The van der Waals surface area contributed by atoms with E-state index in [4.69, 9.17) is 4.74 Å². The van der Waals surface area contributed by atoms with Crippen LogP contribution in [0.4, 0.5) is 0 Å². The lowest BCUT2D eigenvalue weighted by atomic mass is 9.89. The van der Waals surface area contributed by atoms with Gasteiger partial charge in [-0.15, -0.1) is 12.4 Å². The molecular weight excluding hydrogens is 238 g/mol. The molecule has 1 atom stereocenters. The molecule has 1 aliphatic rings. The minimum Gasteiger partial charge on any atom is -0.468 e. The number of hydrogen-bond donors (Lipinski definition) is 1. The van der Waals surface area contributed by atoms with Crippen molar-refractivity contribution in [1.29, 1.82) is 0 Å². The Hall–Kier alpha value is -1.06. The van der Waals surface area contributed by atoms with Gasteiger partial charge in [0.15, 0.2) is 0 Å². The predicted octanol–water partition coefficient (Wildman–Crippen LogP) is 1.95. The van der Waals surface area contributed by atoms with Crippen molar-refractivity contribution in [3.8, 4) is 0 Å². The fourth-order valence-electron chi connectivity index (χ4n) is 2.34. The predicted molar refractivity (Wildman–Crippen MR) is 69.4 cm³/mol. The minimum atomic E-state index is -0.504. The van der Waals surface area contributed by atoms with Crippen LogP contribution in [0.3, 0.4) is 0 Å². The molecule has 1 unspecified atom stereocenters. The lowest BCUT2D eigenvalue weighted by molar-refractivity contribution is -0.148. The lowest BCUT2D eigenvalue weighted by Crippen LogP contribution is -2.50. The molecule has 0 aromatic heterocycles. The second-order valence-corrected chi connectivity index (χ2v) is 4.27. The number of rotatable bonds is 3. The summed E-state index contributed by atoms with van der Waals surface area (Å²) in [5.74, 6) is -0.145. The smallest absolute Gasteiger partial charge is 0.326 e. The van der Waals surface area contributed by atoms with Gasteiger partial charge in [-0.05, 0) is 24.9 Å². The fraction of sp³-hybridized carbons (Fsp3) is 0.462. The van der Waals surface area contributed by atoms with Crippen molar-refractivity contribution in [3.63, 3.8) is 0 Å². The fourth-order valence-corrected chi connectivity index (χ4v) is 2.34. The normalized spacial score (nSPS) is 22.9. The molecule has 1 saturated heterocycles. The molecular formula is C13H18ClNO2. The Bertz CT molecular complexity index is 361. The highest BCUT2D eigenvalue weighted by Crippen LogP contribution is 2.25. The number of carbonyl (C=O) groups excluding carboxylic acids is 1. The highest BCUT2D eigenvalue weighted by Gasteiger charge is 2.41. The van der Waals surface area contributed by atoms with Crippen LogP contribution >= 0.6 is 12.4 Å². The van der Waals surface area contributed by atoms with Crippen LogP contribution < -0.4 is 5.32 Å². The highest BCUT2D eigenvalue weighted by molar-refractivity contribution is 5.85. The molecule has 17 heavy (non-hydrogen) atoms. The lowest BCUT2D eigenvalue weighted by Gasteiger charge is -2.26. The van der Waals surface area contributed by atoms with Gasteiger partial charge in [-0.1, -0.05) is 30.3 Å². The van der Waals surface area contributed by atoms with Gasteiger partial charge in [-0.25, -0.2) is 0 Å². The van der Waals surface area contributed by atoms with Crippen LogP contribution in [0.1, 0.15) is 18.4 Å². The van der Waals surface area contributed by atoms with Crippen LogP contribution in [-0.4, -0.2) is 25.2 Å². The number of hydrogen-bond acceptors (Lipinski definition) is 3. The summed E-state index contributed by atoms with van der Waals surface area (Å²) in [5.41, 5.74) is 0.665. The summed E-state index contributed by atoms with van der Waals surface area (Å²) in [7, 11) is 1.45. The molecule has 2 rings (SSSR count). The van der Waals surface area contributed by atoms with E-state index in [1.54, 1.807) is 0 Å². The first-order chi connectivity index (χ1) is 7.77. The van der Waals surface area contributed by atoms with Crippen LogP contribution in [0, 0.1) is 0 Å². The van der Waals surface area contributed by atoms with E-state index in [-0.39, 0.29) is 18.4 Å². The Labute approximate surface area is 108 Å². The zero-order chi connectivity index (χ0) is 11.4. The number of carbonyl (C=O) groups is 1. The molecule has 1 N–H and O–H groups in total. The van der Waals surface area contributed by atoms with Crippen molar-refractivity contribution in [1.82, 2.24) is 5.32 Å². The zero-order valence-corrected chi connectivity index (χ0v) is 10.8. The van der Waals surface area contributed by atoms with Crippen LogP contribution in [0.2, 0.25) is 0 Å². The van der Waals surface area contributed by atoms with E-state index in [1.165, 1.54) is 12.7 Å². The summed E-state index contributed by atoms with van der Waals surface area (Å²) in [5, 5.41) is 3.29. The Balaban J connectivity index is 0.00000144. The average molecular weight is 256 g/mol. The van der Waals surface area contributed by atoms with E-state index >= 15 is 0 Å². The molecule has 0 radical (unpaired) electrons. The van der Waals surface area contributed by atoms with E-state index < -0.39 is 5.54 Å². The van der Waals surface area contributed by atoms with Gasteiger partial charge in [0, 0.05) is 6.42 Å². The molecule has 4 heteroatoms. The molecule has 0 aliphatic carbocycles. The standard InChI is InChI=1S/C13H17NO2.ClH/c1-16-12(15)13(8-5-9-14-13)10-11-6-3-2-4-7-11;/h2-4,6-7,14H,5,8-10H2,1H3;1H. The quantitative estimate of drug-likeness (QED) is 0.839. The number of benzene rings is 1. The number of ether oxygens (including phenoxy) is 1. The second-order valence-electron chi connectivity index (χ2n) is 4.27. The average Bonchev–Trinajstić information content (AvgIpc) is 2.79. The number of methoxy groups -OCH3 is 1. The molecule has 94 valence electrons. The molecule has 3 nitrogen and oxygen atoms in total. The summed E-state index contributed by atoms with van der Waals surface area (Å²) in [6.45, 7) is 0.891. The molecule has 0 amide bonds. The Kier molecular flexibility index (Phi) is 4.97. The van der Waals surface area contributed by atoms with Gasteiger partial charge < -0.3 is 10.1 Å². The summed E-state index contributed by atoms with van der Waals surface area (Å²) < 4.78 is 4.91. The first-order valence-electron chi connectivity index (χ1n) is 5.64. The third-order valence-corrected chi connectivity index (χ3v) is 3.17. The van der Waals surface area contributed by atoms with Gasteiger partial charge in [0.05, 0.1) is 7.11 Å². The molecule has 1 aromatic rings. The first-order valence-corrected chi connectivity index (χ1v) is 5.64. The summed E-state index contributed by atoms with van der Waals surface area (Å²) in [4.78, 5) is 11.9. The van der Waals surface area contributed by atoms with E-state index in [0.29, 0.717) is 6.42 Å². The van der Waals surface area contributed by atoms with Gasteiger partial charge in [0.1, 0.15) is 5.54 Å². The summed E-state index contributed by atoms with van der Waals surface area (Å²) in [6.07, 6.45) is 2.59. The monoisotopic (exact) mass is 255 g/mol. The maximum Gasteiger partial charge on any atom is 0.326 e. The van der Waals surface area contributed by atoms with E-state index in [0.717, 1.165) is 19.4 Å². The van der Waals surface area contributed by atoms with Crippen molar-refractivity contribution in [2.24, 2.45) is 0 Å². The van der Waals surface area contributed by atoms with Crippen molar-refractivity contribution in [2.45, 2.75) is 24.8 Å². The molecule has 1 fully saturated rings. The highest BCUT2D eigenvalue weighted by atomic mass is 35.5. The van der Waals surface area contributed by atoms with Gasteiger partial charge in [-0.2, -0.15) is 0 Å². The van der Waals surface area contributed by atoms with Gasteiger partial charge in [0.2, 0.25) is 0 Å². The van der Waals surface area contributed by atoms with E-state index in [2.05, 4.69) is 5.32 Å². The van der Waals surface area contributed by atoms with Gasteiger partial charge >= 0.3 is 5.97 Å². The molecule has 1 aromatic carbocycles. The Morgan fingerprint density at radius 3 is 2.65 bits per heavy atom. The Morgan fingerprint density at radius 1 is 1.41 bits per heavy atom. The van der Waals surface area contributed by atoms with Crippen LogP contribution in [-0.2, 0) is 16.0 Å². The summed E-state index contributed by atoms with van der Waals surface area (Å²) in [6, 6.07) is 10.1. The van der Waals surface area contributed by atoms with Gasteiger partial charge in [-0.3, -0.25) is 4.79 Å². The number of esters is 1. The molecule has 0 saturated carbocycles. The van der Waals surface area contributed by atoms with E-state index in [9.17, 15) is 4.79 Å². The van der Waals surface area contributed by atoms with Gasteiger partial charge in [0.25, 0.3) is 0 Å². The SMILES string of the molecule is COC(=O)C1(Cc2ccccc2)CCCN1.Cl. The minimum absolute atomic E-state index is 0. The molecule has 0 bridgehead atoms. The topological polar surface area (TPSA) is 38.3 Å². The second kappa shape index (κ2) is 6.03. The first kappa shape index (κ1) is 14.0. The molecule has 1 aliphatic heterocycles. The Morgan fingerprint density at radius 2 is 2.12 bits per heavy atom. The van der Waals surface area contributed by atoms with Crippen molar-refractivity contribution >= 4 is 18.4 Å². The van der Waals surface area contributed by atoms with Crippen molar-refractivity contribution < 1.29 is 9.53 Å². The third kappa shape index (κ3) is 2.99. The van der Waals surface area contributed by atoms with Crippen LogP contribution in [0.15, 0.2) is 30.3 Å². The maximum absolute atomic E-state index is 11.9. The number of nitrogens with one attached hydrogen (secondary N) is 1. The summed E-state index contributed by atoms with van der Waals surface area (Å²) >= 11 is 0. The third-order valence-electron chi connectivity index (χ3n) is 3.17. The van der Waals surface area contributed by atoms with Crippen molar-refractivity contribution in [2.75, 3.05) is 13.7 Å². The number of halogens is 1. The molecule has 1 heterocycles. The van der Waals surface area contributed by atoms with Crippen LogP contribution in [0.5, 0.6) is 0 Å². The van der Waals surface area contributed by atoms with Crippen LogP contribution in [0.25, 0.3) is 0 Å². The largest absolute Gasteiger partial charge is 0.468 e. The molecule has 0 spiro atoms. The zero-order valence-electron chi connectivity index (χ0n) is 9.94. The van der Waals surface area contributed by atoms with E-state index in [1.807, 2.05) is 30.3 Å². The maximum atomic E-state index is 11.9. The van der Waals surface area contributed by atoms with Crippen molar-refractivity contribution in [3.05, 3.63) is 35.9 Å².